The van der Waals surface area contributed by atoms with Gasteiger partial charge in [0.2, 0.25) is 0 Å². The van der Waals surface area contributed by atoms with E-state index in [0.29, 0.717) is 24.0 Å². The summed E-state index contributed by atoms with van der Waals surface area (Å²) < 4.78 is 7.30. The molecule has 0 unspecified atom stereocenters. The van der Waals surface area contributed by atoms with Crippen LogP contribution in [0.4, 0.5) is 5.82 Å². The summed E-state index contributed by atoms with van der Waals surface area (Å²) in [5.41, 5.74) is 1.46. The van der Waals surface area contributed by atoms with Crippen LogP contribution in [0.3, 0.4) is 0 Å². The fourth-order valence-corrected chi connectivity index (χ4v) is 2.49. The average molecular weight is 324 g/mol. The Bertz CT molecular complexity index is 698. The standard InChI is InChI=1S/C19H24N4O/c1-3-4-5-9-12-18(24-2)22-19-17(13-20)21-15-23(19)14-16-10-7-6-8-11-16/h6-8,10-11,15H,3-5,9,12,14H2,1-2H3. The molecule has 0 radical (unpaired) electrons. The van der Waals surface area contributed by atoms with E-state index in [1.807, 2.05) is 34.9 Å². The van der Waals surface area contributed by atoms with Crippen LogP contribution < -0.4 is 0 Å². The highest BCUT2D eigenvalue weighted by molar-refractivity contribution is 5.79. The topological polar surface area (TPSA) is 63.2 Å². The molecule has 0 fully saturated rings. The highest BCUT2D eigenvalue weighted by Crippen LogP contribution is 2.20. The van der Waals surface area contributed by atoms with Gasteiger partial charge in [0.1, 0.15) is 6.07 Å². The van der Waals surface area contributed by atoms with Gasteiger partial charge >= 0.3 is 0 Å². The van der Waals surface area contributed by atoms with E-state index in [1.165, 1.54) is 12.8 Å². The average Bonchev–Trinajstić information content (AvgIpc) is 3.00. The lowest BCUT2D eigenvalue weighted by Gasteiger charge is -2.08. The predicted molar refractivity (Wildman–Crippen MR) is 95.3 cm³/mol. The summed E-state index contributed by atoms with van der Waals surface area (Å²) in [7, 11) is 1.63. The first-order chi connectivity index (χ1) is 11.8. The number of benzene rings is 1. The van der Waals surface area contributed by atoms with E-state index in [9.17, 15) is 5.26 Å². The first kappa shape index (κ1) is 17.7. The number of imidazole rings is 1. The van der Waals surface area contributed by atoms with Gasteiger partial charge < -0.3 is 9.30 Å². The molecule has 0 spiro atoms. The fourth-order valence-electron chi connectivity index (χ4n) is 2.49. The zero-order valence-corrected chi connectivity index (χ0v) is 14.4. The first-order valence-corrected chi connectivity index (χ1v) is 8.39. The number of unbranched alkanes of at least 4 members (excludes halogenated alkanes) is 3. The van der Waals surface area contributed by atoms with Crippen molar-refractivity contribution in [2.24, 2.45) is 4.99 Å². The minimum absolute atomic E-state index is 0.328. The van der Waals surface area contributed by atoms with Gasteiger partial charge in [-0.15, -0.1) is 0 Å². The third-order valence-electron chi connectivity index (χ3n) is 3.82. The Morgan fingerprint density at radius 3 is 2.71 bits per heavy atom. The number of methoxy groups -OCH3 is 1. The Balaban J connectivity index is 2.19. The van der Waals surface area contributed by atoms with E-state index in [1.54, 1.807) is 13.4 Å². The minimum atomic E-state index is 0.328. The van der Waals surface area contributed by atoms with Crippen LogP contribution in [0.2, 0.25) is 0 Å². The van der Waals surface area contributed by atoms with Crippen LogP contribution in [0.15, 0.2) is 41.7 Å². The molecule has 0 atom stereocenters. The van der Waals surface area contributed by atoms with Crippen molar-refractivity contribution in [1.82, 2.24) is 9.55 Å². The third-order valence-corrected chi connectivity index (χ3v) is 3.82. The highest BCUT2D eigenvalue weighted by atomic mass is 16.5. The van der Waals surface area contributed by atoms with Crippen LogP contribution >= 0.6 is 0 Å². The maximum absolute atomic E-state index is 9.29. The number of ether oxygens (including phenoxy) is 1. The molecule has 0 aliphatic heterocycles. The molecule has 2 rings (SSSR count). The summed E-state index contributed by atoms with van der Waals surface area (Å²) in [5.74, 6) is 1.21. The number of hydrogen-bond acceptors (Lipinski definition) is 4. The molecule has 0 N–H and O–H groups in total. The van der Waals surface area contributed by atoms with Crippen molar-refractivity contribution < 1.29 is 4.74 Å². The van der Waals surface area contributed by atoms with Gasteiger partial charge in [-0.2, -0.15) is 10.3 Å². The maximum atomic E-state index is 9.29. The fraction of sp³-hybridized carbons (Fsp3) is 0.421. The molecule has 126 valence electrons. The molecule has 24 heavy (non-hydrogen) atoms. The van der Waals surface area contributed by atoms with Crippen molar-refractivity contribution in [2.45, 2.75) is 45.6 Å². The Morgan fingerprint density at radius 1 is 1.25 bits per heavy atom. The molecule has 0 amide bonds. The Kier molecular flexibility index (Phi) is 7.03. The third kappa shape index (κ3) is 4.95. The molecule has 0 bridgehead atoms. The molecule has 5 heteroatoms. The molecule has 0 aliphatic rings. The highest BCUT2D eigenvalue weighted by Gasteiger charge is 2.12. The van der Waals surface area contributed by atoms with E-state index in [0.717, 1.165) is 24.8 Å². The van der Waals surface area contributed by atoms with Gasteiger partial charge in [-0.25, -0.2) is 4.98 Å². The number of hydrogen-bond donors (Lipinski definition) is 0. The molecule has 0 saturated carbocycles. The van der Waals surface area contributed by atoms with Gasteiger partial charge in [0, 0.05) is 6.42 Å². The second-order valence-corrected chi connectivity index (χ2v) is 5.66. The zero-order valence-electron chi connectivity index (χ0n) is 14.4. The number of nitriles is 1. The van der Waals surface area contributed by atoms with E-state index in [-0.39, 0.29) is 0 Å². The molecule has 0 aliphatic carbocycles. The summed E-state index contributed by atoms with van der Waals surface area (Å²) in [6.07, 6.45) is 7.05. The predicted octanol–water partition coefficient (Wildman–Crippen LogP) is 4.45. The summed E-state index contributed by atoms with van der Waals surface area (Å²) in [4.78, 5) is 8.74. The lowest BCUT2D eigenvalue weighted by atomic mass is 10.1. The van der Waals surface area contributed by atoms with E-state index < -0.39 is 0 Å². The van der Waals surface area contributed by atoms with Gasteiger partial charge in [0.15, 0.2) is 17.4 Å². The maximum Gasteiger partial charge on any atom is 0.189 e. The largest absolute Gasteiger partial charge is 0.484 e. The first-order valence-electron chi connectivity index (χ1n) is 8.39. The molecule has 1 aromatic carbocycles. The van der Waals surface area contributed by atoms with Gasteiger partial charge in [-0.3, -0.25) is 0 Å². The van der Waals surface area contributed by atoms with E-state index in [4.69, 9.17) is 4.74 Å². The SMILES string of the molecule is CCCCCCC(=Nc1c(C#N)ncn1Cc1ccccc1)OC. The molecule has 1 aromatic heterocycles. The van der Waals surface area contributed by atoms with Crippen LogP contribution in [0.5, 0.6) is 0 Å². The Morgan fingerprint density at radius 2 is 2.04 bits per heavy atom. The number of nitrogens with zero attached hydrogens (tertiary/aromatic N) is 4. The van der Waals surface area contributed by atoms with Crippen molar-refractivity contribution in [3.8, 4) is 6.07 Å². The summed E-state index contributed by atoms with van der Waals surface area (Å²) in [5, 5.41) is 9.29. The van der Waals surface area contributed by atoms with Crippen LogP contribution in [-0.4, -0.2) is 22.6 Å². The normalized spacial score (nSPS) is 11.3. The zero-order chi connectivity index (χ0) is 17.2. The van der Waals surface area contributed by atoms with Crippen molar-refractivity contribution in [1.29, 1.82) is 5.26 Å². The smallest absolute Gasteiger partial charge is 0.189 e. The molecular weight excluding hydrogens is 300 g/mol. The molecule has 0 saturated heterocycles. The van der Waals surface area contributed by atoms with Crippen molar-refractivity contribution in [2.75, 3.05) is 7.11 Å². The van der Waals surface area contributed by atoms with Crippen molar-refractivity contribution in [3.63, 3.8) is 0 Å². The minimum Gasteiger partial charge on any atom is -0.484 e. The van der Waals surface area contributed by atoms with Crippen LogP contribution in [-0.2, 0) is 11.3 Å². The Labute approximate surface area is 143 Å². The molecular formula is C19H24N4O. The summed E-state index contributed by atoms with van der Waals surface area (Å²) in [6.45, 7) is 2.81. The molecule has 2 aromatic rings. The van der Waals surface area contributed by atoms with E-state index in [2.05, 4.69) is 23.0 Å². The van der Waals surface area contributed by atoms with Gasteiger partial charge in [-0.1, -0.05) is 56.5 Å². The molecule has 1 heterocycles. The lowest BCUT2D eigenvalue weighted by molar-refractivity contribution is 0.387. The summed E-state index contributed by atoms with van der Waals surface area (Å²) in [6, 6.07) is 12.2. The number of rotatable bonds is 8. The van der Waals surface area contributed by atoms with Crippen LogP contribution in [0, 0.1) is 11.3 Å². The van der Waals surface area contributed by atoms with Crippen LogP contribution in [0.1, 0.15) is 50.3 Å². The second kappa shape index (κ2) is 9.51. The number of aromatic nitrogens is 2. The Hall–Kier alpha value is -2.61. The monoisotopic (exact) mass is 324 g/mol. The van der Waals surface area contributed by atoms with Crippen molar-refractivity contribution >= 4 is 11.7 Å². The van der Waals surface area contributed by atoms with Gasteiger partial charge in [-0.05, 0) is 12.0 Å². The second-order valence-electron chi connectivity index (χ2n) is 5.66. The van der Waals surface area contributed by atoms with Crippen molar-refractivity contribution in [3.05, 3.63) is 47.9 Å². The number of aliphatic imine (C=N–C) groups is 1. The van der Waals surface area contributed by atoms with E-state index >= 15 is 0 Å². The van der Waals surface area contributed by atoms with Crippen LogP contribution in [0.25, 0.3) is 0 Å². The quantitative estimate of drug-likeness (QED) is 0.409. The molecule has 5 nitrogen and oxygen atoms in total. The van der Waals surface area contributed by atoms with Gasteiger partial charge in [0.25, 0.3) is 0 Å². The lowest BCUT2D eigenvalue weighted by Crippen LogP contribution is -2.03. The van der Waals surface area contributed by atoms with Gasteiger partial charge in [0.05, 0.1) is 20.0 Å². The summed E-state index contributed by atoms with van der Waals surface area (Å²) >= 11 is 0.